The maximum atomic E-state index is 10.7. The highest BCUT2D eigenvalue weighted by Crippen LogP contribution is 2.24. The summed E-state index contributed by atoms with van der Waals surface area (Å²) in [6.45, 7) is 1.78. The van der Waals surface area contributed by atoms with Crippen molar-refractivity contribution in [3.63, 3.8) is 0 Å². The zero-order valence-electron chi connectivity index (χ0n) is 7.61. The fourth-order valence-corrected chi connectivity index (χ4v) is 1.19. The summed E-state index contributed by atoms with van der Waals surface area (Å²) in [5, 5.41) is 26.9. The van der Waals surface area contributed by atoms with Gasteiger partial charge in [-0.1, -0.05) is 6.92 Å². The van der Waals surface area contributed by atoms with E-state index in [1.165, 1.54) is 6.07 Å². The summed E-state index contributed by atoms with van der Waals surface area (Å²) in [6, 6.07) is 4.50. The van der Waals surface area contributed by atoms with Crippen LogP contribution in [0.2, 0.25) is 0 Å². The first kappa shape index (κ1) is 10.1. The van der Waals surface area contributed by atoms with E-state index in [1.807, 2.05) is 6.07 Å². The van der Waals surface area contributed by atoms with E-state index in [2.05, 4.69) is 0 Å². The quantitative estimate of drug-likeness (QED) is 0.742. The molecule has 1 aromatic rings. The van der Waals surface area contributed by atoms with Gasteiger partial charge in [-0.2, -0.15) is 5.26 Å². The van der Waals surface area contributed by atoms with Crippen molar-refractivity contribution in [1.82, 2.24) is 0 Å². The molecule has 0 spiro atoms. The number of carboxylic acid groups (broad SMARTS) is 1. The monoisotopic (exact) mass is 191 g/mol. The average molecular weight is 191 g/mol. The number of aryl methyl sites for hydroxylation is 1. The molecule has 0 heterocycles. The van der Waals surface area contributed by atoms with Crippen LogP contribution >= 0.6 is 0 Å². The molecule has 4 heteroatoms. The van der Waals surface area contributed by atoms with Gasteiger partial charge in [0.15, 0.2) is 0 Å². The largest absolute Gasteiger partial charge is 0.507 e. The van der Waals surface area contributed by atoms with Crippen LogP contribution in [0.25, 0.3) is 0 Å². The fourth-order valence-electron chi connectivity index (χ4n) is 1.19. The molecule has 0 fully saturated rings. The van der Waals surface area contributed by atoms with Crippen LogP contribution in [-0.2, 0) is 6.42 Å². The molecule has 4 nitrogen and oxygen atoms in total. The van der Waals surface area contributed by atoms with E-state index in [-0.39, 0.29) is 16.9 Å². The molecular weight excluding hydrogens is 182 g/mol. The Morgan fingerprint density at radius 2 is 2.21 bits per heavy atom. The third-order valence-corrected chi connectivity index (χ3v) is 1.93. The molecule has 0 saturated heterocycles. The Morgan fingerprint density at radius 3 is 2.64 bits per heavy atom. The number of aromatic hydroxyl groups is 1. The summed E-state index contributed by atoms with van der Waals surface area (Å²) in [7, 11) is 0. The molecule has 72 valence electrons. The highest BCUT2D eigenvalue weighted by molar-refractivity contribution is 5.91. The second-order valence-corrected chi connectivity index (χ2v) is 2.80. The van der Waals surface area contributed by atoms with Gasteiger partial charge in [-0.05, 0) is 24.1 Å². The Bertz CT molecular complexity index is 418. The lowest BCUT2D eigenvalue weighted by atomic mass is 10.0. The number of carbonyl (C=O) groups is 1. The lowest BCUT2D eigenvalue weighted by molar-refractivity contribution is 0.0693. The Balaban J connectivity index is 3.44. The van der Waals surface area contributed by atoms with Crippen LogP contribution in [0.4, 0.5) is 0 Å². The first-order valence-corrected chi connectivity index (χ1v) is 4.09. The summed E-state index contributed by atoms with van der Waals surface area (Å²) in [5.74, 6) is -1.48. The van der Waals surface area contributed by atoms with E-state index in [9.17, 15) is 9.90 Å². The number of hydrogen-bond acceptors (Lipinski definition) is 3. The lowest BCUT2D eigenvalue weighted by Crippen LogP contribution is -2.00. The average Bonchev–Trinajstić information content (AvgIpc) is 2.17. The predicted molar refractivity (Wildman–Crippen MR) is 49.2 cm³/mol. The van der Waals surface area contributed by atoms with Crippen LogP contribution in [0, 0.1) is 11.3 Å². The molecule has 0 aliphatic carbocycles. The minimum absolute atomic E-state index is 0.221. The maximum absolute atomic E-state index is 10.7. The first-order chi connectivity index (χ1) is 6.60. The maximum Gasteiger partial charge on any atom is 0.339 e. The first-order valence-electron chi connectivity index (χ1n) is 4.09. The van der Waals surface area contributed by atoms with E-state index < -0.39 is 5.97 Å². The van der Waals surface area contributed by atoms with E-state index in [0.717, 1.165) is 6.07 Å². The topological polar surface area (TPSA) is 81.3 Å². The van der Waals surface area contributed by atoms with Gasteiger partial charge in [0, 0.05) is 0 Å². The summed E-state index contributed by atoms with van der Waals surface area (Å²) in [4.78, 5) is 10.7. The molecule has 0 atom stereocenters. The minimum Gasteiger partial charge on any atom is -0.507 e. The molecule has 1 rings (SSSR count). The number of benzene rings is 1. The molecule has 0 bridgehead atoms. The molecule has 0 radical (unpaired) electrons. The van der Waals surface area contributed by atoms with Gasteiger partial charge in [0.25, 0.3) is 0 Å². The number of carboxylic acids is 1. The highest BCUT2D eigenvalue weighted by Gasteiger charge is 2.14. The molecule has 0 aliphatic rings. The van der Waals surface area contributed by atoms with Crippen molar-refractivity contribution in [2.24, 2.45) is 0 Å². The molecule has 0 aromatic heterocycles. The van der Waals surface area contributed by atoms with Gasteiger partial charge in [-0.25, -0.2) is 4.79 Å². The Labute approximate surface area is 81.0 Å². The van der Waals surface area contributed by atoms with E-state index in [4.69, 9.17) is 10.4 Å². The van der Waals surface area contributed by atoms with Crippen LogP contribution in [0.15, 0.2) is 12.1 Å². The van der Waals surface area contributed by atoms with Crippen LogP contribution in [0.5, 0.6) is 5.75 Å². The molecule has 2 N–H and O–H groups in total. The smallest absolute Gasteiger partial charge is 0.339 e. The second kappa shape index (κ2) is 3.79. The van der Waals surface area contributed by atoms with Gasteiger partial charge >= 0.3 is 5.97 Å². The van der Waals surface area contributed by atoms with Crippen molar-refractivity contribution in [3.05, 3.63) is 28.8 Å². The van der Waals surface area contributed by atoms with E-state index in [0.29, 0.717) is 12.0 Å². The summed E-state index contributed by atoms with van der Waals surface area (Å²) < 4.78 is 0. The number of nitriles is 1. The summed E-state index contributed by atoms with van der Waals surface area (Å²) in [5.41, 5.74) is 0.499. The number of nitrogens with zero attached hydrogens (tertiary/aromatic N) is 1. The van der Waals surface area contributed by atoms with Gasteiger partial charge in [0.05, 0.1) is 11.6 Å². The van der Waals surface area contributed by atoms with Crippen LogP contribution in [0.3, 0.4) is 0 Å². The van der Waals surface area contributed by atoms with Gasteiger partial charge in [-0.3, -0.25) is 0 Å². The number of phenols is 1. The SMILES string of the molecule is CCc1cc(C#N)cc(C(=O)O)c1O. The molecule has 0 unspecified atom stereocenters. The molecule has 0 aliphatic heterocycles. The second-order valence-electron chi connectivity index (χ2n) is 2.80. The zero-order valence-corrected chi connectivity index (χ0v) is 7.61. The summed E-state index contributed by atoms with van der Waals surface area (Å²) >= 11 is 0. The minimum atomic E-state index is -1.23. The van der Waals surface area contributed by atoms with Crippen molar-refractivity contribution in [1.29, 1.82) is 5.26 Å². The third kappa shape index (κ3) is 1.67. The van der Waals surface area contributed by atoms with Crippen LogP contribution in [0.1, 0.15) is 28.4 Å². The third-order valence-electron chi connectivity index (χ3n) is 1.93. The number of hydrogen-bond donors (Lipinski definition) is 2. The number of aromatic carboxylic acids is 1. The van der Waals surface area contributed by atoms with E-state index in [1.54, 1.807) is 6.92 Å². The summed E-state index contributed by atoms with van der Waals surface area (Å²) in [6.07, 6.45) is 0.488. The molecule has 0 saturated carbocycles. The fraction of sp³-hybridized carbons (Fsp3) is 0.200. The van der Waals surface area contributed by atoms with Crippen molar-refractivity contribution in [3.8, 4) is 11.8 Å². The van der Waals surface area contributed by atoms with Gasteiger partial charge in [0.2, 0.25) is 0 Å². The molecule has 14 heavy (non-hydrogen) atoms. The molecular formula is C10H9NO3. The van der Waals surface area contributed by atoms with Crippen molar-refractivity contribution < 1.29 is 15.0 Å². The Kier molecular flexibility index (Phi) is 2.73. The van der Waals surface area contributed by atoms with Gasteiger partial charge in [0.1, 0.15) is 11.3 Å². The van der Waals surface area contributed by atoms with Gasteiger partial charge in [-0.15, -0.1) is 0 Å². The zero-order chi connectivity index (χ0) is 10.7. The Hall–Kier alpha value is -2.02. The lowest BCUT2D eigenvalue weighted by Gasteiger charge is -2.05. The van der Waals surface area contributed by atoms with Gasteiger partial charge < -0.3 is 10.2 Å². The number of rotatable bonds is 2. The standard InChI is InChI=1S/C10H9NO3/c1-2-7-3-6(5-11)4-8(9(7)12)10(13)14/h3-4,12H,2H2,1H3,(H,13,14). The van der Waals surface area contributed by atoms with Crippen molar-refractivity contribution in [2.45, 2.75) is 13.3 Å². The van der Waals surface area contributed by atoms with Crippen LogP contribution in [-0.4, -0.2) is 16.2 Å². The Morgan fingerprint density at radius 1 is 1.57 bits per heavy atom. The highest BCUT2D eigenvalue weighted by atomic mass is 16.4. The van der Waals surface area contributed by atoms with E-state index >= 15 is 0 Å². The molecule has 0 amide bonds. The van der Waals surface area contributed by atoms with Crippen molar-refractivity contribution in [2.75, 3.05) is 0 Å². The van der Waals surface area contributed by atoms with Crippen molar-refractivity contribution >= 4 is 5.97 Å². The van der Waals surface area contributed by atoms with Crippen LogP contribution < -0.4 is 0 Å². The normalized spacial score (nSPS) is 9.43. The molecule has 1 aromatic carbocycles. The predicted octanol–water partition coefficient (Wildman–Crippen LogP) is 1.52.